The fourth-order valence-corrected chi connectivity index (χ4v) is 1.81. The van der Waals surface area contributed by atoms with Gasteiger partial charge in [0, 0.05) is 30.6 Å². The van der Waals surface area contributed by atoms with E-state index in [4.69, 9.17) is 5.26 Å². The molecule has 0 aliphatic heterocycles. The predicted octanol–water partition coefficient (Wildman–Crippen LogP) is 2.45. The maximum Gasteiger partial charge on any atom is 0.103 e. The summed E-state index contributed by atoms with van der Waals surface area (Å²) in [6.07, 6.45) is 7.21. The first-order valence-corrected chi connectivity index (χ1v) is 5.14. The van der Waals surface area contributed by atoms with Crippen LogP contribution in [0, 0.1) is 11.3 Å². The average Bonchev–Trinajstić information content (AvgIpc) is 2.94. The number of hydrogen-bond donors (Lipinski definition) is 0. The molecule has 0 aliphatic carbocycles. The molecule has 0 saturated heterocycles. The van der Waals surface area contributed by atoms with E-state index in [-0.39, 0.29) is 24.8 Å². The highest BCUT2D eigenvalue weighted by molar-refractivity contribution is 5.85. The average molecular weight is 296 g/mol. The van der Waals surface area contributed by atoms with Crippen molar-refractivity contribution in [3.8, 4) is 17.2 Å². The molecule has 0 atom stereocenters. The molecule has 98 valence electrons. The lowest BCUT2D eigenvalue weighted by Gasteiger charge is -1.98. The van der Waals surface area contributed by atoms with Gasteiger partial charge >= 0.3 is 0 Å². The Morgan fingerprint density at radius 2 is 1.84 bits per heavy atom. The zero-order valence-electron chi connectivity index (χ0n) is 10.0. The summed E-state index contributed by atoms with van der Waals surface area (Å²) in [5.74, 6) is 0. The van der Waals surface area contributed by atoms with Crippen LogP contribution in [-0.2, 0) is 7.05 Å². The van der Waals surface area contributed by atoms with Gasteiger partial charge in [0.15, 0.2) is 0 Å². The number of halogens is 2. The van der Waals surface area contributed by atoms with Gasteiger partial charge in [0.05, 0.1) is 23.5 Å². The Bertz CT molecular complexity index is 738. The summed E-state index contributed by atoms with van der Waals surface area (Å²) in [5.41, 5.74) is 3.46. The molecule has 0 radical (unpaired) electrons. The van der Waals surface area contributed by atoms with E-state index in [9.17, 15) is 0 Å². The van der Waals surface area contributed by atoms with E-state index in [1.54, 1.807) is 21.6 Å². The maximum absolute atomic E-state index is 8.90. The highest BCUT2D eigenvalue weighted by Crippen LogP contribution is 2.20. The standard InChI is InChI=1S/C12H9N5.2ClH/c1-16-7-11(6-14-16)9-2-3-12-10(4-13)5-15-17(12)8-9;;/h2-3,5-8H,1H3;2*1H. The van der Waals surface area contributed by atoms with E-state index in [1.165, 1.54) is 0 Å². The molecule has 0 spiro atoms. The summed E-state index contributed by atoms with van der Waals surface area (Å²) in [4.78, 5) is 0. The summed E-state index contributed by atoms with van der Waals surface area (Å²) in [7, 11) is 1.88. The number of aromatic nitrogens is 4. The Labute approximate surface area is 122 Å². The normalized spacial score (nSPS) is 9.47. The van der Waals surface area contributed by atoms with Crippen LogP contribution < -0.4 is 0 Å². The molecule has 19 heavy (non-hydrogen) atoms. The van der Waals surface area contributed by atoms with Gasteiger partial charge in [-0.3, -0.25) is 4.68 Å². The van der Waals surface area contributed by atoms with E-state index in [0.717, 1.165) is 16.6 Å². The molecule has 0 unspecified atom stereocenters. The van der Waals surface area contributed by atoms with Crippen molar-refractivity contribution in [1.29, 1.82) is 5.26 Å². The molecule has 0 fully saturated rings. The maximum atomic E-state index is 8.90. The molecule has 0 aromatic carbocycles. The second-order valence-corrected chi connectivity index (χ2v) is 3.82. The lowest BCUT2D eigenvalue weighted by atomic mass is 10.1. The topological polar surface area (TPSA) is 58.9 Å². The van der Waals surface area contributed by atoms with Crippen LogP contribution in [0.25, 0.3) is 16.6 Å². The Balaban J connectivity index is 0.000000902. The van der Waals surface area contributed by atoms with Gasteiger partial charge in [-0.25, -0.2) is 4.52 Å². The number of nitriles is 1. The predicted molar refractivity (Wildman–Crippen MR) is 76.6 cm³/mol. The number of fused-ring (bicyclic) bond motifs is 1. The summed E-state index contributed by atoms with van der Waals surface area (Å²) in [5, 5.41) is 17.2. The lowest BCUT2D eigenvalue weighted by molar-refractivity contribution is 0.768. The highest BCUT2D eigenvalue weighted by atomic mass is 35.5. The van der Waals surface area contributed by atoms with Crippen LogP contribution in [0.3, 0.4) is 0 Å². The van der Waals surface area contributed by atoms with E-state index in [0.29, 0.717) is 5.56 Å². The van der Waals surface area contributed by atoms with Gasteiger partial charge < -0.3 is 0 Å². The second kappa shape index (κ2) is 5.74. The van der Waals surface area contributed by atoms with Crippen LogP contribution in [-0.4, -0.2) is 19.4 Å². The monoisotopic (exact) mass is 295 g/mol. The molecule has 0 saturated carbocycles. The quantitative estimate of drug-likeness (QED) is 0.693. The van der Waals surface area contributed by atoms with Crippen molar-refractivity contribution >= 4 is 30.3 Å². The smallest absolute Gasteiger partial charge is 0.103 e. The van der Waals surface area contributed by atoms with Gasteiger partial charge in [-0.1, -0.05) is 6.07 Å². The van der Waals surface area contributed by atoms with E-state index < -0.39 is 0 Å². The van der Waals surface area contributed by atoms with Gasteiger partial charge in [-0.2, -0.15) is 15.5 Å². The van der Waals surface area contributed by atoms with Crippen LogP contribution in [0.1, 0.15) is 5.56 Å². The minimum absolute atomic E-state index is 0. The van der Waals surface area contributed by atoms with Crippen molar-refractivity contribution in [2.45, 2.75) is 0 Å². The van der Waals surface area contributed by atoms with Crippen LogP contribution >= 0.6 is 24.8 Å². The molecule has 0 bridgehead atoms. The number of nitrogens with zero attached hydrogens (tertiary/aromatic N) is 5. The summed E-state index contributed by atoms with van der Waals surface area (Å²) < 4.78 is 3.46. The van der Waals surface area contributed by atoms with Crippen molar-refractivity contribution in [2.24, 2.45) is 7.05 Å². The van der Waals surface area contributed by atoms with Crippen LogP contribution in [0.4, 0.5) is 0 Å². The summed E-state index contributed by atoms with van der Waals surface area (Å²) >= 11 is 0. The third-order valence-electron chi connectivity index (χ3n) is 2.67. The van der Waals surface area contributed by atoms with Gasteiger partial charge in [-0.15, -0.1) is 24.8 Å². The van der Waals surface area contributed by atoms with E-state index >= 15 is 0 Å². The van der Waals surface area contributed by atoms with E-state index in [2.05, 4.69) is 16.3 Å². The molecular weight excluding hydrogens is 285 g/mol. The van der Waals surface area contributed by atoms with Crippen LogP contribution in [0.5, 0.6) is 0 Å². The van der Waals surface area contributed by atoms with Crippen LogP contribution in [0.2, 0.25) is 0 Å². The van der Waals surface area contributed by atoms with Crippen molar-refractivity contribution in [1.82, 2.24) is 19.4 Å². The Kier molecular flexibility index (Phi) is 4.54. The molecule has 3 aromatic heterocycles. The summed E-state index contributed by atoms with van der Waals surface area (Å²) in [6, 6.07) is 5.98. The fourth-order valence-electron chi connectivity index (χ4n) is 1.81. The molecule has 3 aromatic rings. The van der Waals surface area contributed by atoms with Crippen molar-refractivity contribution < 1.29 is 0 Å². The number of pyridine rings is 1. The Morgan fingerprint density at radius 1 is 1.05 bits per heavy atom. The summed E-state index contributed by atoms with van der Waals surface area (Å²) in [6.45, 7) is 0. The molecule has 0 amide bonds. The minimum Gasteiger partial charge on any atom is -0.275 e. The molecule has 5 nitrogen and oxygen atoms in total. The van der Waals surface area contributed by atoms with Crippen LogP contribution in [0.15, 0.2) is 36.9 Å². The second-order valence-electron chi connectivity index (χ2n) is 3.82. The molecular formula is C12H11Cl2N5. The third kappa shape index (κ3) is 2.55. The SMILES string of the molecule is Cl.Cl.Cn1cc(-c2ccc3c(C#N)cnn3c2)cn1. The highest BCUT2D eigenvalue weighted by Gasteiger charge is 2.05. The molecule has 3 rings (SSSR count). The molecule has 0 N–H and O–H groups in total. The van der Waals surface area contributed by atoms with Crippen molar-refractivity contribution in [3.05, 3.63) is 42.5 Å². The molecule has 7 heteroatoms. The Morgan fingerprint density at radius 3 is 2.47 bits per heavy atom. The fraction of sp³-hybridized carbons (Fsp3) is 0.0833. The van der Waals surface area contributed by atoms with Gasteiger partial charge in [0.2, 0.25) is 0 Å². The van der Waals surface area contributed by atoms with Gasteiger partial charge in [0.25, 0.3) is 0 Å². The molecule has 3 heterocycles. The first-order valence-electron chi connectivity index (χ1n) is 5.14. The Hall–Kier alpha value is -2.03. The zero-order valence-corrected chi connectivity index (χ0v) is 11.6. The zero-order chi connectivity index (χ0) is 11.8. The number of rotatable bonds is 1. The number of hydrogen-bond acceptors (Lipinski definition) is 3. The van der Waals surface area contributed by atoms with E-state index in [1.807, 2.05) is 31.6 Å². The minimum atomic E-state index is 0. The largest absolute Gasteiger partial charge is 0.275 e. The first kappa shape index (κ1) is 15.0. The molecule has 0 aliphatic rings. The number of aryl methyl sites for hydroxylation is 1. The van der Waals surface area contributed by atoms with Crippen molar-refractivity contribution in [2.75, 3.05) is 0 Å². The third-order valence-corrected chi connectivity index (χ3v) is 2.67. The van der Waals surface area contributed by atoms with Crippen molar-refractivity contribution in [3.63, 3.8) is 0 Å². The lowest BCUT2D eigenvalue weighted by Crippen LogP contribution is -1.88. The first-order chi connectivity index (χ1) is 8.28. The van der Waals surface area contributed by atoms with Gasteiger partial charge in [-0.05, 0) is 6.07 Å². The van der Waals surface area contributed by atoms with Gasteiger partial charge in [0.1, 0.15) is 6.07 Å².